The SMILES string of the molecule is CC(=O)Nc1ccc(OC(=O)c2ccc(Br)cc2)cc1. The van der Waals surface area contributed by atoms with Crippen molar-refractivity contribution in [3.8, 4) is 5.75 Å². The Morgan fingerprint density at radius 1 is 1.00 bits per heavy atom. The summed E-state index contributed by atoms with van der Waals surface area (Å²) in [5, 5.41) is 2.64. The normalized spacial score (nSPS) is 9.90. The molecule has 2 aromatic carbocycles. The molecular weight excluding hydrogens is 322 g/mol. The van der Waals surface area contributed by atoms with E-state index >= 15 is 0 Å². The summed E-state index contributed by atoms with van der Waals surface area (Å²) in [4.78, 5) is 22.8. The van der Waals surface area contributed by atoms with Crippen LogP contribution in [0.1, 0.15) is 17.3 Å². The molecule has 0 aliphatic rings. The molecule has 0 fully saturated rings. The molecule has 4 nitrogen and oxygen atoms in total. The van der Waals surface area contributed by atoms with Gasteiger partial charge < -0.3 is 10.1 Å². The molecular formula is C15H12BrNO3. The van der Waals surface area contributed by atoms with Crippen molar-refractivity contribution in [3.05, 3.63) is 58.6 Å². The smallest absolute Gasteiger partial charge is 0.343 e. The highest BCUT2D eigenvalue weighted by Crippen LogP contribution is 2.18. The lowest BCUT2D eigenvalue weighted by molar-refractivity contribution is -0.114. The number of hydrogen-bond donors (Lipinski definition) is 1. The van der Waals surface area contributed by atoms with E-state index in [9.17, 15) is 9.59 Å². The third-order valence-electron chi connectivity index (χ3n) is 2.47. The minimum Gasteiger partial charge on any atom is -0.423 e. The Hall–Kier alpha value is -2.14. The van der Waals surface area contributed by atoms with Crippen LogP contribution in [0.15, 0.2) is 53.0 Å². The van der Waals surface area contributed by atoms with Crippen molar-refractivity contribution in [2.24, 2.45) is 0 Å². The predicted octanol–water partition coefficient (Wildman–Crippen LogP) is 3.63. The summed E-state index contributed by atoms with van der Waals surface area (Å²) >= 11 is 3.30. The van der Waals surface area contributed by atoms with Gasteiger partial charge in [0.2, 0.25) is 5.91 Å². The number of rotatable bonds is 3. The first kappa shape index (κ1) is 14.3. The summed E-state index contributed by atoms with van der Waals surface area (Å²) in [6.07, 6.45) is 0. The van der Waals surface area contributed by atoms with Gasteiger partial charge in [0.25, 0.3) is 0 Å². The van der Waals surface area contributed by atoms with E-state index in [4.69, 9.17) is 4.74 Å². The summed E-state index contributed by atoms with van der Waals surface area (Å²) in [5.41, 5.74) is 1.13. The van der Waals surface area contributed by atoms with E-state index in [0.29, 0.717) is 17.0 Å². The molecule has 5 heteroatoms. The maximum absolute atomic E-state index is 11.9. The number of nitrogens with one attached hydrogen (secondary N) is 1. The molecule has 2 aromatic rings. The molecule has 0 saturated carbocycles. The lowest BCUT2D eigenvalue weighted by Gasteiger charge is -2.06. The van der Waals surface area contributed by atoms with Gasteiger partial charge in [-0.25, -0.2) is 4.79 Å². The second kappa shape index (κ2) is 6.34. The Labute approximate surface area is 124 Å². The van der Waals surface area contributed by atoms with Crippen LogP contribution in [-0.4, -0.2) is 11.9 Å². The van der Waals surface area contributed by atoms with E-state index < -0.39 is 5.97 Å². The van der Waals surface area contributed by atoms with Crippen LogP contribution in [0.25, 0.3) is 0 Å². The van der Waals surface area contributed by atoms with Gasteiger partial charge in [0.1, 0.15) is 5.75 Å². The molecule has 0 aliphatic carbocycles. The van der Waals surface area contributed by atoms with Crippen LogP contribution in [-0.2, 0) is 4.79 Å². The van der Waals surface area contributed by atoms with Gasteiger partial charge in [-0.3, -0.25) is 4.79 Å². The minimum absolute atomic E-state index is 0.149. The molecule has 1 amide bonds. The van der Waals surface area contributed by atoms with Gasteiger partial charge in [0.15, 0.2) is 0 Å². The van der Waals surface area contributed by atoms with E-state index in [2.05, 4.69) is 21.2 Å². The lowest BCUT2D eigenvalue weighted by atomic mass is 10.2. The van der Waals surface area contributed by atoms with Crippen LogP contribution in [0.4, 0.5) is 5.69 Å². The highest BCUT2D eigenvalue weighted by Gasteiger charge is 2.08. The molecule has 0 bridgehead atoms. The average Bonchev–Trinajstić information content (AvgIpc) is 2.41. The quantitative estimate of drug-likeness (QED) is 0.689. The number of hydrogen-bond acceptors (Lipinski definition) is 3. The number of halogens is 1. The van der Waals surface area contributed by atoms with Crippen LogP contribution < -0.4 is 10.1 Å². The van der Waals surface area contributed by atoms with Crippen molar-refractivity contribution < 1.29 is 14.3 Å². The summed E-state index contributed by atoms with van der Waals surface area (Å²) < 4.78 is 6.13. The number of ether oxygens (including phenoxy) is 1. The Bertz CT molecular complexity index is 621. The maximum Gasteiger partial charge on any atom is 0.343 e. The fourth-order valence-corrected chi connectivity index (χ4v) is 1.83. The Balaban J connectivity index is 2.04. The molecule has 0 saturated heterocycles. The van der Waals surface area contributed by atoms with Crippen LogP contribution in [0.3, 0.4) is 0 Å². The molecule has 1 N–H and O–H groups in total. The third kappa shape index (κ3) is 3.93. The molecule has 102 valence electrons. The summed E-state index contributed by atoms with van der Waals surface area (Å²) in [7, 11) is 0. The minimum atomic E-state index is -0.426. The van der Waals surface area contributed by atoms with Gasteiger partial charge >= 0.3 is 5.97 Å². The van der Waals surface area contributed by atoms with Gasteiger partial charge in [0.05, 0.1) is 5.56 Å². The van der Waals surface area contributed by atoms with E-state index in [1.54, 1.807) is 48.5 Å². The Morgan fingerprint density at radius 3 is 2.15 bits per heavy atom. The summed E-state index contributed by atoms with van der Waals surface area (Å²) in [6, 6.07) is 13.5. The molecule has 0 radical (unpaired) electrons. The van der Waals surface area contributed by atoms with E-state index in [-0.39, 0.29) is 5.91 Å². The lowest BCUT2D eigenvalue weighted by Crippen LogP contribution is -2.09. The first-order chi connectivity index (χ1) is 9.54. The number of carbonyl (C=O) groups excluding carboxylic acids is 2. The number of benzene rings is 2. The summed E-state index contributed by atoms with van der Waals surface area (Å²) in [5.74, 6) is -0.151. The van der Waals surface area contributed by atoms with E-state index in [1.165, 1.54) is 6.92 Å². The topological polar surface area (TPSA) is 55.4 Å². The molecule has 2 rings (SSSR count). The monoisotopic (exact) mass is 333 g/mol. The van der Waals surface area contributed by atoms with Gasteiger partial charge in [0, 0.05) is 17.1 Å². The van der Waals surface area contributed by atoms with Gasteiger partial charge in [-0.05, 0) is 48.5 Å². The standard InChI is InChI=1S/C15H12BrNO3/c1-10(18)17-13-6-8-14(9-7-13)20-15(19)11-2-4-12(16)5-3-11/h2-9H,1H3,(H,17,18). The number of esters is 1. The van der Waals surface area contributed by atoms with Crippen molar-refractivity contribution in [1.29, 1.82) is 0 Å². The van der Waals surface area contributed by atoms with Crippen LogP contribution in [0, 0.1) is 0 Å². The van der Waals surface area contributed by atoms with Crippen molar-refractivity contribution in [3.63, 3.8) is 0 Å². The second-order valence-electron chi connectivity index (χ2n) is 4.10. The van der Waals surface area contributed by atoms with Crippen molar-refractivity contribution in [2.45, 2.75) is 6.92 Å². The van der Waals surface area contributed by atoms with Crippen LogP contribution >= 0.6 is 15.9 Å². The fraction of sp³-hybridized carbons (Fsp3) is 0.0667. The highest BCUT2D eigenvalue weighted by molar-refractivity contribution is 9.10. The molecule has 0 unspecified atom stereocenters. The zero-order valence-electron chi connectivity index (χ0n) is 10.7. The van der Waals surface area contributed by atoms with Crippen molar-refractivity contribution >= 4 is 33.5 Å². The zero-order chi connectivity index (χ0) is 14.5. The van der Waals surface area contributed by atoms with E-state index in [0.717, 1.165) is 4.47 Å². The molecule has 0 aliphatic heterocycles. The van der Waals surface area contributed by atoms with Gasteiger partial charge in [-0.15, -0.1) is 0 Å². The van der Waals surface area contributed by atoms with Gasteiger partial charge in [-0.2, -0.15) is 0 Å². The third-order valence-corrected chi connectivity index (χ3v) is 2.99. The first-order valence-corrected chi connectivity index (χ1v) is 6.69. The summed E-state index contributed by atoms with van der Waals surface area (Å²) in [6.45, 7) is 1.43. The number of amides is 1. The van der Waals surface area contributed by atoms with E-state index in [1.807, 2.05) is 0 Å². The zero-order valence-corrected chi connectivity index (χ0v) is 12.3. The molecule has 0 spiro atoms. The van der Waals surface area contributed by atoms with Crippen LogP contribution in [0.5, 0.6) is 5.75 Å². The predicted molar refractivity (Wildman–Crippen MR) is 79.8 cm³/mol. The van der Waals surface area contributed by atoms with Crippen molar-refractivity contribution in [2.75, 3.05) is 5.32 Å². The molecule has 20 heavy (non-hydrogen) atoms. The number of anilines is 1. The Morgan fingerprint density at radius 2 is 1.60 bits per heavy atom. The fourth-order valence-electron chi connectivity index (χ4n) is 1.56. The largest absolute Gasteiger partial charge is 0.423 e. The second-order valence-corrected chi connectivity index (χ2v) is 5.02. The molecule has 0 aromatic heterocycles. The molecule has 0 atom stereocenters. The van der Waals surface area contributed by atoms with Crippen molar-refractivity contribution in [1.82, 2.24) is 0 Å². The first-order valence-electron chi connectivity index (χ1n) is 5.90. The highest BCUT2D eigenvalue weighted by atomic mass is 79.9. The molecule has 0 heterocycles. The Kier molecular flexibility index (Phi) is 4.53. The maximum atomic E-state index is 11.9. The van der Waals surface area contributed by atoms with Gasteiger partial charge in [-0.1, -0.05) is 15.9 Å². The number of carbonyl (C=O) groups is 2. The van der Waals surface area contributed by atoms with Crippen LogP contribution in [0.2, 0.25) is 0 Å². The average molecular weight is 334 g/mol.